The van der Waals surface area contributed by atoms with Gasteiger partial charge >= 0.3 is 12.0 Å². The van der Waals surface area contributed by atoms with Crippen LogP contribution in [-0.2, 0) is 33.7 Å². The SMILES string of the molecule is CCc1c(NCC(C(=O)O)N(C(=O)NCc2ccccc2)C2=COCO2)ncnc1N1CCC(c2ccc3c(n2)NCCC3)CC1. The van der Waals surface area contributed by atoms with E-state index >= 15 is 0 Å². The minimum absolute atomic E-state index is 0.0194. The number of pyridine rings is 1. The molecule has 0 saturated carbocycles. The van der Waals surface area contributed by atoms with Crippen LogP contribution in [0.5, 0.6) is 0 Å². The lowest BCUT2D eigenvalue weighted by Crippen LogP contribution is -2.52. The van der Waals surface area contributed by atoms with Crippen LogP contribution in [0, 0.1) is 0 Å². The summed E-state index contributed by atoms with van der Waals surface area (Å²) in [6.45, 7) is 4.61. The normalized spacial score (nSPS) is 16.6. The van der Waals surface area contributed by atoms with E-state index in [1.54, 1.807) is 0 Å². The van der Waals surface area contributed by atoms with Crippen molar-refractivity contribution in [3.63, 3.8) is 0 Å². The Morgan fingerprint density at radius 1 is 1.15 bits per heavy atom. The quantitative estimate of drug-likeness (QED) is 0.243. The van der Waals surface area contributed by atoms with Gasteiger partial charge in [0.05, 0.1) is 0 Å². The first-order valence-corrected chi connectivity index (χ1v) is 15.9. The third kappa shape index (κ3) is 6.93. The van der Waals surface area contributed by atoms with Crippen molar-refractivity contribution >= 4 is 29.5 Å². The Bertz CT molecular complexity index is 1560. The summed E-state index contributed by atoms with van der Waals surface area (Å²) in [4.78, 5) is 43.3. The van der Waals surface area contributed by atoms with Crippen LogP contribution in [0.1, 0.15) is 54.5 Å². The van der Waals surface area contributed by atoms with Gasteiger partial charge in [0, 0.05) is 49.9 Å². The number of hydrogen-bond donors (Lipinski definition) is 4. The number of carbonyl (C=O) groups is 2. The maximum atomic E-state index is 13.4. The van der Waals surface area contributed by atoms with Gasteiger partial charge in [0.1, 0.15) is 30.0 Å². The van der Waals surface area contributed by atoms with E-state index in [0.29, 0.717) is 18.2 Å². The number of aryl methyl sites for hydroxylation is 1. The average molecular weight is 629 g/mol. The molecule has 1 fully saturated rings. The molecule has 0 bridgehead atoms. The highest BCUT2D eigenvalue weighted by atomic mass is 16.7. The van der Waals surface area contributed by atoms with E-state index in [1.807, 2.05) is 37.3 Å². The Kier molecular flexibility index (Phi) is 9.65. The Labute approximate surface area is 268 Å². The number of fused-ring (bicyclic) bond motifs is 1. The van der Waals surface area contributed by atoms with Crippen LogP contribution in [-0.4, -0.2) is 76.0 Å². The van der Waals surface area contributed by atoms with E-state index in [-0.39, 0.29) is 25.8 Å². The number of hydrogen-bond acceptors (Lipinski definition) is 10. The number of urea groups is 1. The molecule has 3 aliphatic rings. The molecular formula is C33H40N8O5. The van der Waals surface area contributed by atoms with Crippen molar-refractivity contribution < 1.29 is 24.2 Å². The minimum Gasteiger partial charge on any atom is -0.480 e. The van der Waals surface area contributed by atoms with Crippen LogP contribution in [0.25, 0.3) is 0 Å². The van der Waals surface area contributed by atoms with Gasteiger partial charge in [-0.05, 0) is 49.3 Å². The zero-order valence-electron chi connectivity index (χ0n) is 25.9. The fourth-order valence-corrected chi connectivity index (χ4v) is 6.21. The number of aromatic nitrogens is 3. The van der Waals surface area contributed by atoms with Crippen LogP contribution in [0.4, 0.5) is 22.2 Å². The Hall–Kier alpha value is -5.07. The number of aliphatic carboxylic acids is 1. The lowest BCUT2D eigenvalue weighted by molar-refractivity contribution is -0.142. The lowest BCUT2D eigenvalue weighted by atomic mass is 9.92. The fourth-order valence-electron chi connectivity index (χ4n) is 6.21. The van der Waals surface area contributed by atoms with Gasteiger partial charge in [-0.25, -0.2) is 29.4 Å². The first kappa shape index (κ1) is 30.9. The number of piperidine rings is 1. The molecule has 13 nitrogen and oxygen atoms in total. The zero-order chi connectivity index (χ0) is 31.9. The molecular weight excluding hydrogens is 588 g/mol. The van der Waals surface area contributed by atoms with Crippen molar-refractivity contribution in [2.45, 2.75) is 57.5 Å². The highest BCUT2D eigenvalue weighted by Crippen LogP contribution is 2.33. The van der Waals surface area contributed by atoms with Gasteiger partial charge in [-0.2, -0.15) is 0 Å². The molecule has 3 aliphatic heterocycles. The molecule has 242 valence electrons. The average Bonchev–Trinajstić information content (AvgIpc) is 3.63. The number of carboxylic acids is 1. The molecule has 0 aliphatic carbocycles. The number of amides is 2. The van der Waals surface area contributed by atoms with E-state index in [1.165, 1.54) is 18.2 Å². The number of ether oxygens (including phenoxy) is 2. The number of rotatable bonds is 11. The van der Waals surface area contributed by atoms with Gasteiger partial charge in [0.15, 0.2) is 6.04 Å². The topological polar surface area (TPSA) is 154 Å². The van der Waals surface area contributed by atoms with E-state index in [0.717, 1.165) is 78.7 Å². The van der Waals surface area contributed by atoms with E-state index in [2.05, 4.69) is 43.0 Å². The zero-order valence-corrected chi connectivity index (χ0v) is 25.9. The third-order valence-corrected chi connectivity index (χ3v) is 8.67. The third-order valence-electron chi connectivity index (χ3n) is 8.67. The summed E-state index contributed by atoms with van der Waals surface area (Å²) in [5, 5.41) is 19.7. The lowest BCUT2D eigenvalue weighted by Gasteiger charge is -2.34. The van der Waals surface area contributed by atoms with E-state index in [4.69, 9.17) is 14.5 Å². The second kappa shape index (κ2) is 14.4. The second-order valence-corrected chi connectivity index (χ2v) is 11.5. The molecule has 0 spiro atoms. The minimum atomic E-state index is -1.32. The summed E-state index contributed by atoms with van der Waals surface area (Å²) >= 11 is 0. The van der Waals surface area contributed by atoms with Crippen LogP contribution in [0.15, 0.2) is 60.9 Å². The van der Waals surface area contributed by atoms with Gasteiger partial charge < -0.3 is 35.4 Å². The maximum Gasteiger partial charge on any atom is 0.328 e. The largest absolute Gasteiger partial charge is 0.480 e. The Morgan fingerprint density at radius 2 is 1.98 bits per heavy atom. The molecule has 1 saturated heterocycles. The van der Waals surface area contributed by atoms with Gasteiger partial charge in [-0.1, -0.05) is 43.3 Å². The second-order valence-electron chi connectivity index (χ2n) is 11.5. The standard InChI is InChI=1S/C33H40N8O5/c1-2-25-30(35-18-27(32(42)43)41(28-19-45-21-46-28)33(44)36-17-22-7-4-3-5-8-22)37-20-38-31(25)40-15-12-23(13-16-40)26-11-10-24-9-6-14-34-29(24)39-26/h3-5,7-8,10-11,19-20,23,27H,2,6,9,12-18,21H2,1H3,(H,34,39)(H,36,44)(H,42,43)(H,35,37,38). The van der Waals surface area contributed by atoms with Gasteiger partial charge in [0.2, 0.25) is 12.7 Å². The summed E-state index contributed by atoms with van der Waals surface area (Å²) in [6, 6.07) is 11.8. The number of nitrogens with zero attached hydrogens (tertiary/aromatic N) is 5. The van der Waals surface area contributed by atoms with Gasteiger partial charge in [-0.15, -0.1) is 0 Å². The summed E-state index contributed by atoms with van der Waals surface area (Å²) in [5.41, 5.74) is 4.20. The molecule has 5 heterocycles. The highest BCUT2D eigenvalue weighted by molar-refractivity contribution is 5.84. The van der Waals surface area contributed by atoms with Crippen LogP contribution in [0.3, 0.4) is 0 Å². The summed E-state index contributed by atoms with van der Waals surface area (Å²) in [6.07, 6.45) is 7.50. The van der Waals surface area contributed by atoms with Crippen molar-refractivity contribution in [1.29, 1.82) is 0 Å². The summed E-state index contributed by atoms with van der Waals surface area (Å²) in [5.74, 6) is 1.58. The molecule has 46 heavy (non-hydrogen) atoms. The van der Waals surface area contributed by atoms with Gasteiger partial charge in [0.25, 0.3) is 0 Å². The Morgan fingerprint density at radius 3 is 2.72 bits per heavy atom. The molecule has 4 N–H and O–H groups in total. The van der Waals surface area contributed by atoms with E-state index < -0.39 is 18.0 Å². The first-order chi connectivity index (χ1) is 22.5. The van der Waals surface area contributed by atoms with Gasteiger partial charge in [-0.3, -0.25) is 0 Å². The molecule has 0 radical (unpaired) electrons. The van der Waals surface area contributed by atoms with Crippen molar-refractivity contribution in [3.8, 4) is 0 Å². The predicted octanol–water partition coefficient (Wildman–Crippen LogP) is 4.06. The van der Waals surface area contributed by atoms with Crippen molar-refractivity contribution in [3.05, 3.63) is 83.3 Å². The maximum absolute atomic E-state index is 13.4. The van der Waals surface area contributed by atoms with E-state index in [9.17, 15) is 14.7 Å². The highest BCUT2D eigenvalue weighted by Gasteiger charge is 2.36. The van der Waals surface area contributed by atoms with Crippen LogP contribution in [0.2, 0.25) is 0 Å². The number of nitrogens with one attached hydrogen (secondary N) is 3. The monoisotopic (exact) mass is 628 g/mol. The molecule has 1 aromatic carbocycles. The number of carboxylic acid groups (broad SMARTS) is 1. The molecule has 1 unspecified atom stereocenters. The number of anilines is 3. The van der Waals surface area contributed by atoms with Crippen LogP contribution >= 0.6 is 0 Å². The summed E-state index contributed by atoms with van der Waals surface area (Å²) in [7, 11) is 0. The summed E-state index contributed by atoms with van der Waals surface area (Å²) < 4.78 is 10.6. The van der Waals surface area contributed by atoms with Crippen molar-refractivity contribution in [2.75, 3.05) is 48.5 Å². The smallest absolute Gasteiger partial charge is 0.328 e. The Balaban J connectivity index is 1.14. The fraction of sp³-hybridized carbons (Fsp3) is 0.424. The molecule has 6 rings (SSSR count). The first-order valence-electron chi connectivity index (χ1n) is 15.9. The van der Waals surface area contributed by atoms with Crippen molar-refractivity contribution in [2.24, 2.45) is 0 Å². The van der Waals surface area contributed by atoms with Crippen molar-refractivity contribution in [1.82, 2.24) is 25.2 Å². The number of carbonyl (C=O) groups excluding carboxylic acids is 1. The molecule has 3 aromatic rings. The molecule has 2 aromatic heterocycles. The molecule has 13 heteroatoms. The van der Waals surface area contributed by atoms with Crippen LogP contribution < -0.4 is 20.9 Å². The molecule has 2 amide bonds. The molecule has 1 atom stereocenters. The predicted molar refractivity (Wildman–Crippen MR) is 172 cm³/mol. The number of benzene rings is 1.